The first-order valence-corrected chi connectivity index (χ1v) is 5.78. The van der Waals surface area contributed by atoms with Crippen LogP contribution < -0.4 is 10.6 Å². The van der Waals surface area contributed by atoms with Gasteiger partial charge in [0, 0.05) is 6.54 Å². The lowest BCUT2D eigenvalue weighted by atomic mass is 10.1. The Labute approximate surface area is 117 Å². The number of amides is 2. The second-order valence-corrected chi connectivity index (χ2v) is 4.10. The number of hydrogen-bond acceptors (Lipinski definition) is 3. The smallest absolute Gasteiger partial charge is 0.416 e. The minimum Gasteiger partial charge on any atom is -0.480 e. The van der Waals surface area contributed by atoms with Crippen molar-refractivity contribution in [3.63, 3.8) is 0 Å². The summed E-state index contributed by atoms with van der Waals surface area (Å²) in [5.41, 5.74) is -0.393. The van der Waals surface area contributed by atoms with Crippen molar-refractivity contribution in [3.8, 4) is 0 Å². The number of aliphatic hydroxyl groups excluding tert-OH is 1. The fourth-order valence-electron chi connectivity index (χ4n) is 1.39. The number of carbonyl (C=O) groups excluding carboxylic acids is 1. The number of carboxylic acids is 1. The van der Waals surface area contributed by atoms with Crippen LogP contribution in [0.2, 0.25) is 0 Å². The summed E-state index contributed by atoms with van der Waals surface area (Å²) in [7, 11) is 0. The van der Waals surface area contributed by atoms with E-state index in [4.69, 9.17) is 10.2 Å². The van der Waals surface area contributed by atoms with Crippen LogP contribution in [0.3, 0.4) is 0 Å². The van der Waals surface area contributed by atoms with Crippen LogP contribution in [0.15, 0.2) is 24.3 Å². The lowest BCUT2D eigenvalue weighted by molar-refractivity contribution is -0.140. The Morgan fingerprint density at radius 1 is 1.19 bits per heavy atom. The molecule has 0 radical (unpaired) electrons. The molecule has 0 bridgehead atoms. The van der Waals surface area contributed by atoms with Gasteiger partial charge in [-0.05, 0) is 17.7 Å². The molecule has 0 fully saturated rings. The Bertz CT molecular complexity index is 502. The molecular weight excluding hydrogens is 293 g/mol. The average molecular weight is 306 g/mol. The van der Waals surface area contributed by atoms with Gasteiger partial charge in [0.25, 0.3) is 0 Å². The highest BCUT2D eigenvalue weighted by Gasteiger charge is 2.29. The first-order chi connectivity index (χ1) is 9.74. The zero-order valence-corrected chi connectivity index (χ0v) is 10.6. The fraction of sp³-hybridized carbons (Fsp3) is 0.333. The third kappa shape index (κ3) is 5.30. The highest BCUT2D eigenvalue weighted by molar-refractivity contribution is 5.82. The Kier molecular flexibility index (Phi) is 5.53. The van der Waals surface area contributed by atoms with E-state index in [2.05, 4.69) is 5.32 Å². The van der Waals surface area contributed by atoms with Gasteiger partial charge in [-0.15, -0.1) is 0 Å². The van der Waals surface area contributed by atoms with E-state index in [1.807, 2.05) is 5.32 Å². The fourth-order valence-corrected chi connectivity index (χ4v) is 1.39. The average Bonchev–Trinajstić information content (AvgIpc) is 2.41. The molecule has 1 unspecified atom stereocenters. The van der Waals surface area contributed by atoms with Gasteiger partial charge in [-0.25, -0.2) is 9.59 Å². The summed E-state index contributed by atoms with van der Waals surface area (Å²) in [6.07, 6.45) is -4.43. The zero-order chi connectivity index (χ0) is 16.0. The second kappa shape index (κ2) is 6.93. The van der Waals surface area contributed by atoms with Gasteiger partial charge in [0.1, 0.15) is 0 Å². The molecule has 0 saturated heterocycles. The normalized spacial score (nSPS) is 12.6. The van der Waals surface area contributed by atoms with Crippen LogP contribution in [0.5, 0.6) is 0 Å². The van der Waals surface area contributed by atoms with Crippen molar-refractivity contribution < 1.29 is 33.0 Å². The molecular formula is C12H13F3N2O4. The van der Waals surface area contributed by atoms with Crippen LogP contribution in [0, 0.1) is 0 Å². The molecule has 0 aliphatic carbocycles. The molecule has 1 rings (SSSR count). The number of nitrogens with one attached hydrogen (secondary N) is 2. The molecule has 0 aromatic heterocycles. The van der Waals surface area contributed by atoms with Crippen LogP contribution in [0.1, 0.15) is 11.1 Å². The molecule has 116 valence electrons. The van der Waals surface area contributed by atoms with Crippen molar-refractivity contribution in [1.82, 2.24) is 10.6 Å². The molecule has 21 heavy (non-hydrogen) atoms. The lowest BCUT2D eigenvalue weighted by Gasteiger charge is -2.13. The SMILES string of the molecule is O=C(NCc1ccc(C(F)(F)F)cc1)NC(CO)C(=O)O. The predicted octanol–water partition coefficient (Wildman–Crippen LogP) is 0.950. The van der Waals surface area contributed by atoms with E-state index in [0.29, 0.717) is 5.56 Å². The molecule has 0 saturated carbocycles. The highest BCUT2D eigenvalue weighted by atomic mass is 19.4. The van der Waals surface area contributed by atoms with E-state index in [1.54, 1.807) is 0 Å². The second-order valence-electron chi connectivity index (χ2n) is 4.10. The maximum atomic E-state index is 12.3. The third-order valence-electron chi connectivity index (χ3n) is 2.52. The van der Waals surface area contributed by atoms with Gasteiger partial charge in [-0.1, -0.05) is 12.1 Å². The minimum absolute atomic E-state index is 0.0816. The maximum Gasteiger partial charge on any atom is 0.416 e. The Hall–Kier alpha value is -2.29. The molecule has 0 spiro atoms. The zero-order valence-electron chi connectivity index (χ0n) is 10.6. The topological polar surface area (TPSA) is 98.7 Å². The number of halogens is 3. The monoisotopic (exact) mass is 306 g/mol. The molecule has 1 aromatic rings. The van der Waals surface area contributed by atoms with Gasteiger partial charge in [0.05, 0.1) is 12.2 Å². The van der Waals surface area contributed by atoms with Crippen molar-refractivity contribution in [2.24, 2.45) is 0 Å². The van der Waals surface area contributed by atoms with Gasteiger partial charge in [0.15, 0.2) is 6.04 Å². The lowest BCUT2D eigenvalue weighted by Crippen LogP contribution is -2.47. The van der Waals surface area contributed by atoms with Gasteiger partial charge in [0.2, 0.25) is 0 Å². The number of alkyl halides is 3. The predicted molar refractivity (Wildman–Crippen MR) is 65.3 cm³/mol. The summed E-state index contributed by atoms with van der Waals surface area (Å²) in [6, 6.07) is 1.85. The Balaban J connectivity index is 2.52. The summed E-state index contributed by atoms with van der Waals surface area (Å²) in [4.78, 5) is 21.9. The Morgan fingerprint density at radius 3 is 2.19 bits per heavy atom. The van der Waals surface area contributed by atoms with Crippen LogP contribution in [-0.2, 0) is 17.5 Å². The van der Waals surface area contributed by atoms with Crippen molar-refractivity contribution >= 4 is 12.0 Å². The molecule has 6 nitrogen and oxygen atoms in total. The van der Waals surface area contributed by atoms with Crippen LogP contribution in [-0.4, -0.2) is 34.9 Å². The van der Waals surface area contributed by atoms with E-state index in [-0.39, 0.29) is 6.54 Å². The van der Waals surface area contributed by atoms with E-state index in [1.165, 1.54) is 12.1 Å². The number of aliphatic hydroxyl groups is 1. The quantitative estimate of drug-likeness (QED) is 0.651. The number of aliphatic carboxylic acids is 1. The van der Waals surface area contributed by atoms with Crippen molar-refractivity contribution in [2.75, 3.05) is 6.61 Å². The van der Waals surface area contributed by atoms with Gasteiger partial charge in [-0.3, -0.25) is 0 Å². The largest absolute Gasteiger partial charge is 0.480 e. The highest BCUT2D eigenvalue weighted by Crippen LogP contribution is 2.28. The first kappa shape index (κ1) is 16.8. The van der Waals surface area contributed by atoms with E-state index >= 15 is 0 Å². The molecule has 0 aliphatic heterocycles. The van der Waals surface area contributed by atoms with Gasteiger partial charge >= 0.3 is 18.2 Å². The van der Waals surface area contributed by atoms with Crippen LogP contribution in [0.4, 0.5) is 18.0 Å². The Morgan fingerprint density at radius 2 is 1.76 bits per heavy atom. The summed E-state index contributed by atoms with van der Waals surface area (Å²) in [5, 5.41) is 21.6. The molecule has 1 atom stereocenters. The molecule has 1 aromatic carbocycles. The molecule has 2 amide bonds. The molecule has 0 aliphatic rings. The number of rotatable bonds is 5. The van der Waals surface area contributed by atoms with Crippen LogP contribution >= 0.6 is 0 Å². The number of hydrogen-bond donors (Lipinski definition) is 4. The number of carboxylic acid groups (broad SMARTS) is 1. The van der Waals surface area contributed by atoms with E-state index in [9.17, 15) is 22.8 Å². The number of benzene rings is 1. The van der Waals surface area contributed by atoms with Gasteiger partial charge < -0.3 is 20.8 Å². The maximum absolute atomic E-state index is 12.3. The number of carbonyl (C=O) groups is 2. The minimum atomic E-state index is -4.43. The third-order valence-corrected chi connectivity index (χ3v) is 2.52. The summed E-state index contributed by atoms with van der Waals surface area (Å²) in [6.45, 7) is -0.856. The molecule has 9 heteroatoms. The summed E-state index contributed by atoms with van der Waals surface area (Å²) < 4.78 is 37.0. The van der Waals surface area contributed by atoms with Crippen LogP contribution in [0.25, 0.3) is 0 Å². The molecule has 4 N–H and O–H groups in total. The summed E-state index contributed by atoms with van der Waals surface area (Å²) >= 11 is 0. The van der Waals surface area contributed by atoms with Crippen molar-refractivity contribution in [1.29, 1.82) is 0 Å². The van der Waals surface area contributed by atoms with E-state index in [0.717, 1.165) is 12.1 Å². The van der Waals surface area contributed by atoms with Gasteiger partial charge in [-0.2, -0.15) is 13.2 Å². The van der Waals surface area contributed by atoms with Crippen molar-refractivity contribution in [3.05, 3.63) is 35.4 Å². The standard InChI is InChI=1S/C12H13F3N2O4/c13-12(14,15)8-3-1-7(2-4-8)5-16-11(21)17-9(6-18)10(19)20/h1-4,9,18H,5-6H2,(H,19,20)(H2,16,17,21). The summed E-state index contributed by atoms with van der Waals surface area (Å²) in [5.74, 6) is -1.40. The molecule has 0 heterocycles. The number of urea groups is 1. The first-order valence-electron chi connectivity index (χ1n) is 5.78. The van der Waals surface area contributed by atoms with E-state index < -0.39 is 36.4 Å². The van der Waals surface area contributed by atoms with Crippen molar-refractivity contribution in [2.45, 2.75) is 18.8 Å².